The van der Waals surface area contributed by atoms with Gasteiger partial charge in [-0.3, -0.25) is 10.6 Å². The summed E-state index contributed by atoms with van der Waals surface area (Å²) < 4.78 is 0. The minimum atomic E-state index is -1.40. The molecule has 0 amide bonds. The third-order valence-electron chi connectivity index (χ3n) is 4.39. The summed E-state index contributed by atoms with van der Waals surface area (Å²) in [4.78, 5) is 21.3. The van der Waals surface area contributed by atoms with Crippen LogP contribution in [-0.2, 0) is 5.79 Å². The molecular weight excluding hydrogens is 427 g/mol. The van der Waals surface area contributed by atoms with Gasteiger partial charge in [-0.2, -0.15) is 15.0 Å². The zero-order chi connectivity index (χ0) is 23.1. The van der Waals surface area contributed by atoms with Crippen LogP contribution in [-0.4, -0.2) is 59.5 Å². The molecule has 1 aromatic rings. The first-order chi connectivity index (χ1) is 13.6. The molecule has 6 N–H and O–H groups in total. The highest BCUT2D eigenvalue weighted by Gasteiger charge is 2.62. The van der Waals surface area contributed by atoms with E-state index in [0.29, 0.717) is 13.1 Å². The molecule has 2 heterocycles. The molecule has 30 heavy (non-hydrogen) atoms. The van der Waals surface area contributed by atoms with Crippen molar-refractivity contribution in [3.63, 3.8) is 0 Å². The Labute approximate surface area is 188 Å². The van der Waals surface area contributed by atoms with E-state index in [9.17, 15) is 0 Å². The summed E-state index contributed by atoms with van der Waals surface area (Å²) in [6, 6.07) is 0. The van der Waals surface area contributed by atoms with Crippen LogP contribution in [0.1, 0.15) is 61.2 Å². The number of alkyl halides is 1. The van der Waals surface area contributed by atoms with E-state index >= 15 is 0 Å². The maximum Gasteiger partial charge on any atom is 0.252 e. The Morgan fingerprint density at radius 1 is 1.00 bits per heavy atom. The molecule has 12 heteroatoms. The highest BCUT2D eigenvalue weighted by molar-refractivity contribution is 6.65. The number of halogens is 2. The molecule has 0 aromatic carbocycles. The third-order valence-corrected chi connectivity index (χ3v) is 5.07. The number of nitrogens with zero attached hydrogens (tertiary/aromatic N) is 6. The second-order valence-electron chi connectivity index (χ2n) is 9.17. The molecule has 0 bridgehead atoms. The number of amidine groups is 1. The molecule has 0 aliphatic carbocycles. The van der Waals surface area contributed by atoms with Gasteiger partial charge in [-0.1, -0.05) is 18.5 Å². The number of aromatic nitrogens is 3. The van der Waals surface area contributed by atoms with Gasteiger partial charge in [0, 0.05) is 17.6 Å². The van der Waals surface area contributed by atoms with Crippen LogP contribution in [0.3, 0.4) is 0 Å². The van der Waals surface area contributed by atoms with Crippen LogP contribution in [0.25, 0.3) is 0 Å². The van der Waals surface area contributed by atoms with Crippen molar-refractivity contribution >= 4 is 40.4 Å². The largest absolute Gasteiger partial charge is 0.368 e. The topological polar surface area (TPSA) is 134 Å². The summed E-state index contributed by atoms with van der Waals surface area (Å²) in [5.74, 6) is -0.978. The molecule has 1 aromatic heterocycles. The Hall–Kier alpha value is -1.46. The highest BCUT2D eigenvalue weighted by Crippen LogP contribution is 2.46. The summed E-state index contributed by atoms with van der Waals surface area (Å²) in [6.07, 6.45) is 0. The molecule has 0 saturated heterocycles. The van der Waals surface area contributed by atoms with Crippen molar-refractivity contribution in [3.05, 3.63) is 5.82 Å². The SMILES string of the molecule is CCNC1(Cl)N=C(Cl)N(CC)C(NC(C)(C)C)(c2nc(N)nc(N)n2)N1C(C)(C)C. The number of nitrogens with one attached hydrogen (secondary N) is 2. The summed E-state index contributed by atoms with van der Waals surface area (Å²) in [5.41, 5.74) is 11.0. The molecule has 2 atom stereocenters. The van der Waals surface area contributed by atoms with Gasteiger partial charge in [-0.25, -0.2) is 9.89 Å². The van der Waals surface area contributed by atoms with Gasteiger partial charge in [-0.05, 0) is 66.6 Å². The number of nitrogens with two attached hydrogens (primary N) is 2. The molecule has 2 rings (SSSR count). The molecule has 170 valence electrons. The zero-order valence-corrected chi connectivity index (χ0v) is 20.5. The van der Waals surface area contributed by atoms with E-state index in [4.69, 9.17) is 34.7 Å². The summed E-state index contributed by atoms with van der Waals surface area (Å²) in [5, 5.41) is 5.69. The Bertz CT molecular complexity index is 783. The second kappa shape index (κ2) is 8.23. The van der Waals surface area contributed by atoms with Gasteiger partial charge in [-0.15, -0.1) is 0 Å². The van der Waals surface area contributed by atoms with Crippen molar-refractivity contribution < 1.29 is 0 Å². The number of hydrogen-bond acceptors (Lipinski definition) is 10. The van der Waals surface area contributed by atoms with Crippen LogP contribution in [0.4, 0.5) is 11.9 Å². The Morgan fingerprint density at radius 3 is 1.93 bits per heavy atom. The summed E-state index contributed by atoms with van der Waals surface area (Å²) in [6.45, 7) is 17.1. The fourth-order valence-electron chi connectivity index (χ4n) is 3.82. The highest BCUT2D eigenvalue weighted by atomic mass is 35.5. The van der Waals surface area contributed by atoms with Gasteiger partial charge < -0.3 is 16.4 Å². The van der Waals surface area contributed by atoms with Crippen LogP contribution >= 0.6 is 23.2 Å². The second-order valence-corrected chi connectivity index (χ2v) is 10.0. The molecule has 2 unspecified atom stereocenters. The summed E-state index contributed by atoms with van der Waals surface area (Å²) in [7, 11) is 0. The fourth-order valence-corrected chi connectivity index (χ4v) is 4.82. The molecule has 0 radical (unpaired) electrons. The maximum atomic E-state index is 7.13. The normalized spacial score (nSPS) is 26.1. The van der Waals surface area contributed by atoms with E-state index in [0.717, 1.165) is 0 Å². The lowest BCUT2D eigenvalue weighted by molar-refractivity contribution is -0.172. The van der Waals surface area contributed by atoms with Crippen LogP contribution in [0.15, 0.2) is 4.99 Å². The van der Waals surface area contributed by atoms with Gasteiger partial charge in [0.05, 0.1) is 0 Å². The lowest BCUT2D eigenvalue weighted by Gasteiger charge is -2.62. The predicted molar refractivity (Wildman–Crippen MR) is 123 cm³/mol. The van der Waals surface area contributed by atoms with E-state index in [2.05, 4.69) is 30.6 Å². The molecular formula is C18H34Cl2N10. The van der Waals surface area contributed by atoms with Crippen molar-refractivity contribution in [1.29, 1.82) is 0 Å². The van der Waals surface area contributed by atoms with Crippen molar-refractivity contribution in [2.75, 3.05) is 24.6 Å². The third kappa shape index (κ3) is 4.57. The van der Waals surface area contributed by atoms with E-state index < -0.39 is 22.1 Å². The quantitative estimate of drug-likeness (QED) is 0.384. The van der Waals surface area contributed by atoms with E-state index in [1.165, 1.54) is 0 Å². The number of nitrogen functional groups attached to an aromatic ring is 2. The minimum absolute atomic E-state index is 0.000228. The van der Waals surface area contributed by atoms with Crippen molar-refractivity contribution in [3.8, 4) is 0 Å². The predicted octanol–water partition coefficient (Wildman–Crippen LogP) is 2.02. The van der Waals surface area contributed by atoms with E-state index in [1.54, 1.807) is 0 Å². The lowest BCUT2D eigenvalue weighted by Crippen LogP contribution is -2.81. The van der Waals surface area contributed by atoms with Crippen molar-refractivity contribution in [1.82, 2.24) is 35.4 Å². The van der Waals surface area contributed by atoms with Crippen LogP contribution in [0.5, 0.6) is 0 Å². The van der Waals surface area contributed by atoms with Crippen LogP contribution < -0.4 is 22.1 Å². The van der Waals surface area contributed by atoms with Gasteiger partial charge in [0.15, 0.2) is 5.82 Å². The number of rotatable bonds is 5. The number of aliphatic imine (C=N–C) groups is 1. The first-order valence-electron chi connectivity index (χ1n) is 9.95. The first kappa shape index (κ1) is 24.8. The van der Waals surface area contributed by atoms with Gasteiger partial charge >= 0.3 is 0 Å². The molecule has 0 fully saturated rings. The first-order valence-corrected chi connectivity index (χ1v) is 10.7. The van der Waals surface area contributed by atoms with E-state index in [1.807, 2.05) is 65.2 Å². The monoisotopic (exact) mass is 460 g/mol. The van der Waals surface area contributed by atoms with Gasteiger partial charge in [0.25, 0.3) is 5.25 Å². The van der Waals surface area contributed by atoms with Crippen LogP contribution in [0.2, 0.25) is 0 Å². The molecule has 1 aliphatic heterocycles. The lowest BCUT2D eigenvalue weighted by atomic mass is 9.97. The van der Waals surface area contributed by atoms with Gasteiger partial charge in [0.1, 0.15) is 0 Å². The Kier molecular flexibility index (Phi) is 6.81. The average Bonchev–Trinajstić information content (AvgIpc) is 2.50. The average molecular weight is 461 g/mol. The fraction of sp³-hybridized carbons (Fsp3) is 0.778. The maximum absolute atomic E-state index is 7.13. The van der Waals surface area contributed by atoms with Crippen molar-refractivity contribution in [2.45, 2.75) is 77.5 Å². The Balaban J connectivity index is 3.03. The van der Waals surface area contributed by atoms with Crippen LogP contribution in [0, 0.1) is 0 Å². The molecule has 1 aliphatic rings. The number of hydrogen-bond donors (Lipinski definition) is 4. The number of anilines is 2. The van der Waals surface area contributed by atoms with Gasteiger partial charge in [0.2, 0.25) is 23.0 Å². The smallest absolute Gasteiger partial charge is 0.252 e. The summed E-state index contributed by atoms with van der Waals surface area (Å²) >= 11 is 13.8. The molecule has 0 spiro atoms. The zero-order valence-electron chi connectivity index (χ0n) is 19.0. The minimum Gasteiger partial charge on any atom is -0.368 e. The Morgan fingerprint density at radius 2 is 1.53 bits per heavy atom. The van der Waals surface area contributed by atoms with E-state index in [-0.39, 0.29) is 23.0 Å². The molecule has 10 nitrogen and oxygen atoms in total. The standard InChI is InChI=1S/C18H34Cl2N10/c1-9-23-18(20)27-12(19)29(10-2)17(28-15(3,4)5,30(18)16(6,7)8)11-24-13(21)26-14(22)25-11/h23,28H,9-10H2,1-8H3,(H4,21,22,24,25,26). The molecule has 0 saturated carbocycles. The van der Waals surface area contributed by atoms with Crippen molar-refractivity contribution in [2.24, 2.45) is 4.99 Å².